The normalized spacial score (nSPS) is 31.3. The molecule has 1 N–H and O–H groups in total. The Kier molecular flexibility index (Phi) is 4.89. The van der Waals surface area contributed by atoms with Gasteiger partial charge in [-0.15, -0.1) is 0 Å². The second kappa shape index (κ2) is 6.64. The van der Waals surface area contributed by atoms with Crippen LogP contribution >= 0.6 is 15.9 Å². The summed E-state index contributed by atoms with van der Waals surface area (Å²) >= 11 is 3.41. The van der Waals surface area contributed by atoms with Crippen molar-refractivity contribution in [3.05, 3.63) is 39.9 Å². The molecule has 1 heterocycles. The van der Waals surface area contributed by atoms with E-state index in [-0.39, 0.29) is 6.04 Å². The lowest BCUT2D eigenvalue weighted by atomic mass is 9.78. The zero-order chi connectivity index (χ0) is 17.5. The van der Waals surface area contributed by atoms with Crippen molar-refractivity contribution in [1.82, 2.24) is 4.72 Å². The number of nitrogens with one attached hydrogen (secondary N) is 1. The molecule has 1 aliphatic heterocycles. The molecular weight excluding hydrogens is 388 g/mol. The molecule has 1 aliphatic carbocycles. The Morgan fingerprint density at radius 3 is 2.71 bits per heavy atom. The number of amidine groups is 1. The highest BCUT2D eigenvalue weighted by Crippen LogP contribution is 2.35. The van der Waals surface area contributed by atoms with Crippen molar-refractivity contribution < 1.29 is 8.42 Å². The van der Waals surface area contributed by atoms with E-state index in [0.29, 0.717) is 33.7 Å². The van der Waals surface area contributed by atoms with Gasteiger partial charge in [-0.3, -0.25) is 9.71 Å². The van der Waals surface area contributed by atoms with E-state index >= 15 is 0 Å². The quantitative estimate of drug-likeness (QED) is 0.787. The lowest BCUT2D eigenvalue weighted by Crippen LogP contribution is -2.31. The molecule has 1 fully saturated rings. The molecular formula is C18H23BrN2O2S. The van der Waals surface area contributed by atoms with Crippen molar-refractivity contribution in [2.45, 2.75) is 46.1 Å². The molecule has 0 saturated heterocycles. The summed E-state index contributed by atoms with van der Waals surface area (Å²) in [6.07, 6.45) is 3.41. The van der Waals surface area contributed by atoms with Crippen LogP contribution in [0.25, 0.3) is 4.91 Å². The number of hydrogen-bond donors (Lipinski definition) is 1. The summed E-state index contributed by atoms with van der Waals surface area (Å²) in [6, 6.07) is 7.55. The summed E-state index contributed by atoms with van der Waals surface area (Å²) in [6.45, 7) is 6.31. The zero-order valence-corrected chi connectivity index (χ0v) is 16.6. The van der Waals surface area contributed by atoms with Crippen LogP contribution in [-0.2, 0) is 10.0 Å². The van der Waals surface area contributed by atoms with Crippen LogP contribution in [0.3, 0.4) is 0 Å². The van der Waals surface area contributed by atoms with Gasteiger partial charge in [0, 0.05) is 10.0 Å². The van der Waals surface area contributed by atoms with Crippen LogP contribution < -0.4 is 4.72 Å². The molecule has 3 rings (SSSR count). The van der Waals surface area contributed by atoms with Gasteiger partial charge in [0.2, 0.25) is 0 Å². The lowest BCUT2D eigenvalue weighted by Gasteiger charge is -2.31. The highest BCUT2D eigenvalue weighted by molar-refractivity contribution is 9.10. The number of hydrogen-bond acceptors (Lipinski definition) is 3. The van der Waals surface area contributed by atoms with Crippen molar-refractivity contribution in [2.24, 2.45) is 16.8 Å². The average molecular weight is 411 g/mol. The molecule has 3 unspecified atom stereocenters. The molecule has 3 atom stereocenters. The van der Waals surface area contributed by atoms with Gasteiger partial charge in [0.1, 0.15) is 10.7 Å². The molecule has 24 heavy (non-hydrogen) atoms. The molecule has 1 saturated carbocycles. The smallest absolute Gasteiger partial charge is 0.264 e. The average Bonchev–Trinajstić information content (AvgIpc) is 2.73. The molecule has 130 valence electrons. The SMILES string of the molecule is CC1=C(c2cccc(Br)c2)S(=O)(=O)NC1=NC1CCCC(C)C1C. The summed E-state index contributed by atoms with van der Waals surface area (Å²) in [5, 5.41) is 0. The summed E-state index contributed by atoms with van der Waals surface area (Å²) in [7, 11) is -3.56. The summed E-state index contributed by atoms with van der Waals surface area (Å²) in [4.78, 5) is 5.13. The van der Waals surface area contributed by atoms with E-state index in [2.05, 4.69) is 34.5 Å². The first-order valence-corrected chi connectivity index (χ1v) is 10.6. The number of aliphatic imine (C=N–C) groups is 1. The van der Waals surface area contributed by atoms with E-state index in [1.165, 1.54) is 6.42 Å². The maximum atomic E-state index is 12.6. The molecule has 1 aromatic carbocycles. The molecule has 0 radical (unpaired) electrons. The fourth-order valence-corrected chi connectivity index (χ4v) is 5.49. The highest BCUT2D eigenvalue weighted by atomic mass is 79.9. The van der Waals surface area contributed by atoms with E-state index in [9.17, 15) is 8.42 Å². The molecule has 2 aliphatic rings. The van der Waals surface area contributed by atoms with Crippen LogP contribution in [0.1, 0.15) is 45.6 Å². The van der Waals surface area contributed by atoms with Crippen molar-refractivity contribution >= 4 is 36.7 Å². The van der Waals surface area contributed by atoms with E-state index in [1.54, 1.807) is 0 Å². The number of sulfonamides is 1. The predicted octanol–water partition coefficient (Wildman–Crippen LogP) is 4.34. The van der Waals surface area contributed by atoms with Gasteiger partial charge in [0.25, 0.3) is 10.0 Å². The maximum absolute atomic E-state index is 12.6. The van der Waals surface area contributed by atoms with Gasteiger partial charge in [-0.2, -0.15) is 0 Å². The summed E-state index contributed by atoms with van der Waals surface area (Å²) in [5.41, 5.74) is 1.39. The Balaban J connectivity index is 2.01. The van der Waals surface area contributed by atoms with Crippen LogP contribution in [0.2, 0.25) is 0 Å². The van der Waals surface area contributed by atoms with Gasteiger partial charge in [0.15, 0.2) is 0 Å². The molecule has 0 amide bonds. The largest absolute Gasteiger partial charge is 0.264 e. The molecule has 0 aromatic heterocycles. The number of nitrogens with zero attached hydrogens (tertiary/aromatic N) is 1. The molecule has 0 spiro atoms. The Morgan fingerprint density at radius 1 is 1.25 bits per heavy atom. The Hall–Kier alpha value is -1.14. The number of halogens is 1. The topological polar surface area (TPSA) is 58.5 Å². The predicted molar refractivity (Wildman–Crippen MR) is 102 cm³/mol. The van der Waals surface area contributed by atoms with Gasteiger partial charge in [0.05, 0.1) is 6.04 Å². The molecule has 1 aromatic rings. The first-order valence-electron chi connectivity index (χ1n) is 8.37. The molecule has 0 bridgehead atoms. The van der Waals surface area contributed by atoms with E-state index in [0.717, 1.165) is 17.3 Å². The first-order chi connectivity index (χ1) is 11.3. The van der Waals surface area contributed by atoms with Gasteiger partial charge >= 0.3 is 0 Å². The minimum Gasteiger partial charge on any atom is -0.264 e. The standard InChI is InChI=1S/C18H23BrN2O2S/c1-11-6-4-9-16(12(11)2)20-18-13(3)17(24(22,23)21-18)14-7-5-8-15(19)10-14/h5,7-8,10-12,16H,4,6,9H2,1-3H3,(H,20,21). The summed E-state index contributed by atoms with van der Waals surface area (Å²) < 4.78 is 28.8. The van der Waals surface area contributed by atoms with Crippen molar-refractivity contribution in [1.29, 1.82) is 0 Å². The third-order valence-electron chi connectivity index (χ3n) is 5.24. The van der Waals surface area contributed by atoms with E-state index in [1.807, 2.05) is 31.2 Å². The Morgan fingerprint density at radius 2 is 2.00 bits per heavy atom. The fraction of sp³-hybridized carbons (Fsp3) is 0.500. The monoisotopic (exact) mass is 410 g/mol. The van der Waals surface area contributed by atoms with E-state index in [4.69, 9.17) is 4.99 Å². The summed E-state index contributed by atoms with van der Waals surface area (Å²) in [5.74, 6) is 1.61. The van der Waals surface area contributed by atoms with Crippen LogP contribution in [0.4, 0.5) is 0 Å². The van der Waals surface area contributed by atoms with Crippen molar-refractivity contribution in [2.75, 3.05) is 0 Å². The molecule has 6 heteroatoms. The third-order valence-corrected chi connectivity index (χ3v) is 7.28. The second-order valence-corrected chi connectivity index (χ2v) is 9.42. The van der Waals surface area contributed by atoms with Gasteiger partial charge in [-0.1, -0.05) is 54.8 Å². The van der Waals surface area contributed by atoms with Crippen LogP contribution in [0, 0.1) is 11.8 Å². The van der Waals surface area contributed by atoms with Crippen LogP contribution in [0.5, 0.6) is 0 Å². The van der Waals surface area contributed by atoms with Crippen LogP contribution in [0.15, 0.2) is 39.3 Å². The number of rotatable bonds is 2. The third kappa shape index (κ3) is 3.31. The zero-order valence-electron chi connectivity index (χ0n) is 14.2. The van der Waals surface area contributed by atoms with Gasteiger partial charge in [-0.05, 0) is 42.9 Å². The minimum absolute atomic E-state index is 0.184. The second-order valence-electron chi connectivity index (χ2n) is 6.88. The minimum atomic E-state index is -3.56. The fourth-order valence-electron chi connectivity index (χ4n) is 3.59. The first kappa shape index (κ1) is 17.7. The maximum Gasteiger partial charge on any atom is 0.264 e. The van der Waals surface area contributed by atoms with Crippen LogP contribution in [-0.4, -0.2) is 20.3 Å². The van der Waals surface area contributed by atoms with Crippen molar-refractivity contribution in [3.63, 3.8) is 0 Å². The van der Waals surface area contributed by atoms with Crippen molar-refractivity contribution in [3.8, 4) is 0 Å². The Bertz CT molecular complexity index is 814. The highest BCUT2D eigenvalue weighted by Gasteiger charge is 2.34. The van der Waals surface area contributed by atoms with Gasteiger partial charge in [-0.25, -0.2) is 8.42 Å². The van der Waals surface area contributed by atoms with E-state index < -0.39 is 10.0 Å². The number of benzene rings is 1. The van der Waals surface area contributed by atoms with Gasteiger partial charge < -0.3 is 0 Å². The lowest BCUT2D eigenvalue weighted by molar-refractivity contribution is 0.241. The molecule has 4 nitrogen and oxygen atoms in total. The Labute approximate surface area is 152 Å².